The average Bonchev–Trinajstić information content (AvgIpc) is 2.53. The highest BCUT2D eigenvalue weighted by atomic mass is 16.4. The largest absolute Gasteiger partial charge is 0.489 e. The molecule has 2 aromatic rings. The summed E-state index contributed by atoms with van der Waals surface area (Å²) in [6.07, 6.45) is 0. The second-order valence-electron chi connectivity index (χ2n) is 4.77. The SMILES string of the molecule is CCN(Cc1ccccc1)C(=O)c1ccccc1B(O)O. The summed E-state index contributed by atoms with van der Waals surface area (Å²) in [6.45, 7) is 2.94. The highest BCUT2D eigenvalue weighted by Gasteiger charge is 2.23. The standard InChI is InChI=1S/C16H18BNO3/c1-2-18(12-13-8-4-3-5-9-13)16(19)14-10-6-7-11-15(14)17(20)21/h3-11,20-21H,2,12H2,1H3. The molecule has 0 heterocycles. The average molecular weight is 283 g/mol. The van der Waals surface area contributed by atoms with E-state index in [1.54, 1.807) is 29.2 Å². The van der Waals surface area contributed by atoms with Crippen LogP contribution in [0.2, 0.25) is 0 Å². The van der Waals surface area contributed by atoms with Gasteiger partial charge in [-0.05, 0) is 24.0 Å². The van der Waals surface area contributed by atoms with Crippen molar-refractivity contribution < 1.29 is 14.8 Å². The van der Waals surface area contributed by atoms with E-state index < -0.39 is 7.12 Å². The molecular weight excluding hydrogens is 265 g/mol. The molecule has 0 spiro atoms. The zero-order valence-electron chi connectivity index (χ0n) is 11.9. The molecule has 2 rings (SSSR count). The minimum absolute atomic E-state index is 0.204. The normalized spacial score (nSPS) is 10.2. The van der Waals surface area contributed by atoms with Crippen LogP contribution in [0.15, 0.2) is 54.6 Å². The lowest BCUT2D eigenvalue weighted by Gasteiger charge is -2.22. The number of hydrogen-bond acceptors (Lipinski definition) is 3. The highest BCUT2D eigenvalue weighted by molar-refractivity contribution is 6.60. The van der Waals surface area contributed by atoms with Crippen molar-refractivity contribution in [2.24, 2.45) is 0 Å². The molecule has 1 amide bonds. The van der Waals surface area contributed by atoms with Crippen LogP contribution in [0, 0.1) is 0 Å². The van der Waals surface area contributed by atoms with Gasteiger partial charge in [0.25, 0.3) is 5.91 Å². The summed E-state index contributed by atoms with van der Waals surface area (Å²) < 4.78 is 0. The number of rotatable bonds is 5. The number of amides is 1. The van der Waals surface area contributed by atoms with Crippen molar-refractivity contribution in [3.8, 4) is 0 Å². The van der Waals surface area contributed by atoms with E-state index in [-0.39, 0.29) is 11.4 Å². The number of carbonyl (C=O) groups excluding carboxylic acids is 1. The van der Waals surface area contributed by atoms with Gasteiger partial charge in [-0.1, -0.05) is 48.5 Å². The zero-order valence-corrected chi connectivity index (χ0v) is 11.9. The maximum absolute atomic E-state index is 12.6. The van der Waals surface area contributed by atoms with E-state index in [4.69, 9.17) is 0 Å². The summed E-state index contributed by atoms with van der Waals surface area (Å²) in [5.74, 6) is -0.204. The number of benzene rings is 2. The second kappa shape index (κ2) is 7.06. The minimum atomic E-state index is -1.65. The van der Waals surface area contributed by atoms with Gasteiger partial charge in [0.15, 0.2) is 0 Å². The van der Waals surface area contributed by atoms with Crippen molar-refractivity contribution in [2.75, 3.05) is 6.54 Å². The van der Waals surface area contributed by atoms with E-state index in [0.717, 1.165) is 5.56 Å². The Balaban J connectivity index is 2.25. The Hall–Kier alpha value is -2.11. The Morgan fingerprint density at radius 2 is 1.67 bits per heavy atom. The van der Waals surface area contributed by atoms with Gasteiger partial charge in [-0.2, -0.15) is 0 Å². The van der Waals surface area contributed by atoms with E-state index in [2.05, 4.69) is 0 Å². The quantitative estimate of drug-likeness (QED) is 0.806. The fourth-order valence-electron chi connectivity index (χ4n) is 2.22. The summed E-state index contributed by atoms with van der Waals surface area (Å²) in [6, 6.07) is 16.3. The molecule has 0 fully saturated rings. The third-order valence-electron chi connectivity index (χ3n) is 3.35. The van der Waals surface area contributed by atoms with Gasteiger partial charge >= 0.3 is 7.12 Å². The molecule has 21 heavy (non-hydrogen) atoms. The Bertz CT molecular complexity index is 601. The fraction of sp³-hybridized carbons (Fsp3) is 0.188. The van der Waals surface area contributed by atoms with Crippen molar-refractivity contribution in [3.63, 3.8) is 0 Å². The number of carbonyl (C=O) groups is 1. The van der Waals surface area contributed by atoms with Crippen LogP contribution in [0.4, 0.5) is 0 Å². The fourth-order valence-corrected chi connectivity index (χ4v) is 2.22. The van der Waals surface area contributed by atoms with Crippen LogP contribution < -0.4 is 5.46 Å². The van der Waals surface area contributed by atoms with Crippen LogP contribution in [0.25, 0.3) is 0 Å². The molecule has 0 aliphatic heterocycles. The Labute approximate surface area is 124 Å². The molecule has 0 radical (unpaired) electrons. The van der Waals surface area contributed by atoms with Crippen molar-refractivity contribution in [1.82, 2.24) is 4.90 Å². The zero-order chi connectivity index (χ0) is 15.2. The van der Waals surface area contributed by atoms with E-state index >= 15 is 0 Å². The van der Waals surface area contributed by atoms with E-state index in [9.17, 15) is 14.8 Å². The first-order chi connectivity index (χ1) is 10.1. The lowest BCUT2D eigenvalue weighted by atomic mass is 9.76. The van der Waals surface area contributed by atoms with E-state index in [1.807, 2.05) is 37.3 Å². The van der Waals surface area contributed by atoms with Gasteiger partial charge in [0, 0.05) is 18.7 Å². The van der Waals surface area contributed by atoms with E-state index in [1.165, 1.54) is 0 Å². The molecule has 0 aromatic heterocycles. The Morgan fingerprint density at radius 1 is 1.05 bits per heavy atom. The predicted octanol–water partition coefficient (Wildman–Crippen LogP) is 1.03. The lowest BCUT2D eigenvalue weighted by Crippen LogP contribution is -2.39. The first-order valence-electron chi connectivity index (χ1n) is 6.91. The first kappa shape index (κ1) is 15.3. The molecule has 0 saturated heterocycles. The molecule has 2 N–H and O–H groups in total. The lowest BCUT2D eigenvalue weighted by molar-refractivity contribution is 0.0753. The summed E-state index contributed by atoms with van der Waals surface area (Å²) in [7, 11) is -1.65. The topological polar surface area (TPSA) is 60.8 Å². The van der Waals surface area contributed by atoms with Crippen LogP contribution >= 0.6 is 0 Å². The van der Waals surface area contributed by atoms with Crippen LogP contribution in [0.1, 0.15) is 22.8 Å². The van der Waals surface area contributed by atoms with E-state index in [0.29, 0.717) is 18.7 Å². The van der Waals surface area contributed by atoms with Gasteiger partial charge in [0.1, 0.15) is 0 Å². The predicted molar refractivity (Wildman–Crippen MR) is 83.1 cm³/mol. The van der Waals surface area contributed by atoms with Gasteiger partial charge in [0.2, 0.25) is 0 Å². The summed E-state index contributed by atoms with van der Waals surface area (Å²) >= 11 is 0. The highest BCUT2D eigenvalue weighted by Crippen LogP contribution is 2.09. The molecular formula is C16H18BNO3. The summed E-state index contributed by atoms with van der Waals surface area (Å²) in [4.78, 5) is 14.3. The van der Waals surface area contributed by atoms with Gasteiger partial charge in [0.05, 0.1) is 0 Å². The molecule has 5 heteroatoms. The van der Waals surface area contributed by atoms with Gasteiger partial charge in [-0.3, -0.25) is 4.79 Å². The van der Waals surface area contributed by atoms with Crippen LogP contribution in [-0.2, 0) is 6.54 Å². The molecule has 108 valence electrons. The third kappa shape index (κ3) is 3.71. The van der Waals surface area contributed by atoms with Gasteiger partial charge in [-0.25, -0.2) is 0 Å². The monoisotopic (exact) mass is 283 g/mol. The molecule has 0 unspecified atom stereocenters. The van der Waals surface area contributed by atoms with Crippen LogP contribution in [0.5, 0.6) is 0 Å². The van der Waals surface area contributed by atoms with Crippen molar-refractivity contribution >= 4 is 18.5 Å². The smallest absolute Gasteiger partial charge is 0.423 e. The third-order valence-corrected chi connectivity index (χ3v) is 3.35. The number of hydrogen-bond donors (Lipinski definition) is 2. The maximum Gasteiger partial charge on any atom is 0.489 e. The Morgan fingerprint density at radius 3 is 2.29 bits per heavy atom. The van der Waals surface area contributed by atoms with Gasteiger partial charge < -0.3 is 14.9 Å². The van der Waals surface area contributed by atoms with Crippen molar-refractivity contribution in [1.29, 1.82) is 0 Å². The molecule has 0 aliphatic rings. The van der Waals surface area contributed by atoms with Crippen LogP contribution in [-0.4, -0.2) is 34.5 Å². The Kier molecular flexibility index (Phi) is 5.14. The summed E-state index contributed by atoms with van der Waals surface area (Å²) in [5.41, 5.74) is 1.59. The molecule has 0 atom stereocenters. The molecule has 2 aromatic carbocycles. The second-order valence-corrected chi connectivity index (χ2v) is 4.77. The van der Waals surface area contributed by atoms with Crippen LogP contribution in [0.3, 0.4) is 0 Å². The molecule has 0 saturated carbocycles. The molecule has 4 nitrogen and oxygen atoms in total. The van der Waals surface area contributed by atoms with Crippen molar-refractivity contribution in [3.05, 3.63) is 65.7 Å². The van der Waals surface area contributed by atoms with Gasteiger partial charge in [-0.15, -0.1) is 0 Å². The first-order valence-corrected chi connectivity index (χ1v) is 6.91. The minimum Gasteiger partial charge on any atom is -0.423 e. The molecule has 0 aliphatic carbocycles. The summed E-state index contributed by atoms with van der Waals surface area (Å²) in [5, 5.41) is 18.8. The maximum atomic E-state index is 12.6. The molecule has 0 bridgehead atoms. The van der Waals surface area contributed by atoms with Crippen molar-refractivity contribution in [2.45, 2.75) is 13.5 Å². The number of nitrogens with zero attached hydrogens (tertiary/aromatic N) is 1.